The van der Waals surface area contributed by atoms with E-state index in [9.17, 15) is 0 Å². The summed E-state index contributed by atoms with van der Waals surface area (Å²) in [7, 11) is 0. The van der Waals surface area contributed by atoms with Crippen LogP contribution in [0.25, 0.3) is 43.1 Å². The Balaban J connectivity index is 0.000000128. The molecule has 0 saturated carbocycles. The van der Waals surface area contributed by atoms with E-state index >= 15 is 0 Å². The standard InChI is InChI=1S/2C17H11.C13H10.2ClH.Zr/c2*1-2-6-15-12(4-1)8-10-14-11-9-13-5-3-7-16(13)17(14)15;1-3-7-12(8-4-1)11-13-9-5-2-6-10-13;;;/h2*1-4,6,8-11H,7H2;1-10H;2*1H;/q2*-1;;;;+2/p-2. The molecule has 8 aromatic rings. The summed E-state index contributed by atoms with van der Waals surface area (Å²) in [6, 6.07) is 55.9. The zero-order valence-electron chi connectivity index (χ0n) is 27.3. The number of allylic oxidation sites excluding steroid dienone is 2. The Bertz CT molecular complexity index is 2340. The van der Waals surface area contributed by atoms with Crippen LogP contribution in [0.5, 0.6) is 0 Å². The van der Waals surface area contributed by atoms with Crippen molar-refractivity contribution in [3.05, 3.63) is 215 Å². The van der Waals surface area contributed by atoms with Crippen LogP contribution in [0.2, 0.25) is 0 Å². The number of halogens is 2. The van der Waals surface area contributed by atoms with Gasteiger partial charge in [0.1, 0.15) is 0 Å². The van der Waals surface area contributed by atoms with Crippen LogP contribution in [-0.4, -0.2) is 3.21 Å². The van der Waals surface area contributed by atoms with Gasteiger partial charge in [0.05, 0.1) is 0 Å². The Hall–Kier alpha value is -4.39. The minimum atomic E-state index is 0. The van der Waals surface area contributed by atoms with Crippen LogP contribution in [0, 0.1) is 12.2 Å². The van der Waals surface area contributed by atoms with Gasteiger partial charge < -0.3 is 24.8 Å². The molecule has 0 radical (unpaired) electrons. The first kappa shape index (κ1) is 35.4. The third-order valence-corrected chi connectivity index (χ3v) is 10.7. The van der Waals surface area contributed by atoms with Crippen LogP contribution in [0.3, 0.4) is 0 Å². The fraction of sp³-hybridized carbons (Fsp3) is 0.0426. The van der Waals surface area contributed by atoms with Crippen molar-refractivity contribution in [2.75, 3.05) is 0 Å². The Morgan fingerprint density at radius 2 is 0.760 bits per heavy atom. The molecular weight excluding hydrogens is 727 g/mol. The van der Waals surface area contributed by atoms with Crippen LogP contribution in [0.1, 0.15) is 33.4 Å². The van der Waals surface area contributed by atoms with Crippen molar-refractivity contribution in [2.45, 2.75) is 12.8 Å². The molecule has 0 saturated heterocycles. The molecule has 2 aliphatic rings. The van der Waals surface area contributed by atoms with Crippen molar-refractivity contribution in [1.82, 2.24) is 0 Å². The van der Waals surface area contributed by atoms with Crippen molar-refractivity contribution in [3.8, 4) is 0 Å². The van der Waals surface area contributed by atoms with Crippen LogP contribution in [-0.2, 0) is 37.1 Å². The van der Waals surface area contributed by atoms with Gasteiger partial charge in [0.15, 0.2) is 0 Å². The number of hydrogen-bond acceptors (Lipinski definition) is 0. The van der Waals surface area contributed by atoms with Crippen molar-refractivity contribution >= 4 is 46.3 Å². The van der Waals surface area contributed by atoms with Crippen LogP contribution in [0.4, 0.5) is 0 Å². The molecule has 0 unspecified atom stereocenters. The van der Waals surface area contributed by atoms with Gasteiger partial charge in [0, 0.05) is 0 Å². The second kappa shape index (κ2) is 16.1. The van der Waals surface area contributed by atoms with E-state index < -0.39 is 0 Å². The molecule has 0 spiro atoms. The molecular formula is C47H32Cl2Zr-2. The van der Waals surface area contributed by atoms with Gasteiger partial charge >= 0.3 is 99.2 Å². The predicted octanol–water partition coefficient (Wildman–Crippen LogP) is 5.32. The van der Waals surface area contributed by atoms with E-state index in [0.29, 0.717) is 0 Å². The van der Waals surface area contributed by atoms with E-state index in [1.54, 1.807) is 0 Å². The first-order chi connectivity index (χ1) is 23.7. The molecule has 240 valence electrons. The van der Waals surface area contributed by atoms with E-state index in [0.717, 1.165) is 12.8 Å². The molecule has 0 fully saturated rings. The predicted molar refractivity (Wildman–Crippen MR) is 200 cm³/mol. The van der Waals surface area contributed by atoms with Gasteiger partial charge in [-0.2, -0.15) is 47.6 Å². The normalized spacial score (nSPS) is 11.9. The molecule has 0 aromatic heterocycles. The van der Waals surface area contributed by atoms with Crippen molar-refractivity contribution < 1.29 is 49.0 Å². The summed E-state index contributed by atoms with van der Waals surface area (Å²) in [5.41, 5.74) is 8.04. The van der Waals surface area contributed by atoms with Crippen molar-refractivity contribution in [3.63, 3.8) is 0 Å². The van der Waals surface area contributed by atoms with Gasteiger partial charge in [-0.1, -0.05) is 96.4 Å². The number of hydrogen-bond donors (Lipinski definition) is 0. The van der Waals surface area contributed by atoms with Crippen molar-refractivity contribution in [1.29, 1.82) is 0 Å². The van der Waals surface area contributed by atoms with Gasteiger partial charge in [-0.25, -0.2) is 0 Å². The third-order valence-electron chi connectivity index (χ3n) is 9.29. The molecule has 0 bridgehead atoms. The quantitative estimate of drug-likeness (QED) is 0.166. The number of benzene rings is 8. The fourth-order valence-corrected chi connectivity index (χ4v) is 7.76. The molecule has 8 aromatic carbocycles. The second-order valence-corrected chi connectivity index (χ2v) is 13.4. The van der Waals surface area contributed by atoms with Crippen LogP contribution < -0.4 is 24.8 Å². The molecule has 50 heavy (non-hydrogen) atoms. The van der Waals surface area contributed by atoms with Gasteiger partial charge in [-0.3, -0.25) is 0 Å². The number of fused-ring (bicyclic) bond motifs is 10. The van der Waals surface area contributed by atoms with Gasteiger partial charge in [-0.05, 0) is 32.3 Å². The molecule has 0 atom stereocenters. The molecule has 10 rings (SSSR count). The average molecular weight is 759 g/mol. The zero-order valence-corrected chi connectivity index (χ0v) is 31.3. The summed E-state index contributed by atoms with van der Waals surface area (Å²) >= 11 is 1.46. The summed E-state index contributed by atoms with van der Waals surface area (Å²) < 4.78 is 1.42. The minimum absolute atomic E-state index is 0. The van der Waals surface area contributed by atoms with Gasteiger partial charge in [0.2, 0.25) is 0 Å². The summed E-state index contributed by atoms with van der Waals surface area (Å²) in [6.45, 7) is 0. The summed E-state index contributed by atoms with van der Waals surface area (Å²) in [6.07, 6.45) is 13.0. The monoisotopic (exact) mass is 756 g/mol. The molecule has 0 aliphatic heterocycles. The third kappa shape index (κ3) is 7.10. The van der Waals surface area contributed by atoms with E-state index in [-0.39, 0.29) is 24.8 Å². The fourth-order valence-electron chi connectivity index (χ4n) is 6.94. The number of rotatable bonds is 2. The molecule has 0 N–H and O–H groups in total. The Kier molecular flexibility index (Phi) is 11.4. The van der Waals surface area contributed by atoms with E-state index in [4.69, 9.17) is 0 Å². The van der Waals surface area contributed by atoms with Crippen LogP contribution in [0.15, 0.2) is 170 Å². The summed E-state index contributed by atoms with van der Waals surface area (Å²) in [5.74, 6) is 0. The van der Waals surface area contributed by atoms with E-state index in [1.807, 2.05) is 0 Å². The molecule has 0 heterocycles. The molecule has 2 aliphatic carbocycles. The first-order valence-electron chi connectivity index (χ1n) is 16.5. The van der Waals surface area contributed by atoms with Crippen molar-refractivity contribution in [2.24, 2.45) is 0 Å². The van der Waals surface area contributed by atoms with E-state index in [2.05, 4.69) is 182 Å². The first-order valence-corrected chi connectivity index (χ1v) is 17.7. The summed E-state index contributed by atoms with van der Waals surface area (Å²) in [4.78, 5) is 0. The maximum absolute atomic E-state index is 3.33. The zero-order chi connectivity index (χ0) is 32.3. The SMILES string of the molecule is [C-]1=CCc2c1ccc1ccc3ccccc3c21.[C-]1=CCc2c1ccc1ccc3ccccc3c21.[Cl-].[Cl-].[Zr+2]=[C](c1ccccc1)c1ccccc1. The van der Waals surface area contributed by atoms with Gasteiger partial charge in [0.25, 0.3) is 0 Å². The van der Waals surface area contributed by atoms with E-state index in [1.165, 1.54) is 104 Å². The Morgan fingerprint density at radius 3 is 1.20 bits per heavy atom. The molecule has 3 heteroatoms. The Labute approximate surface area is 321 Å². The second-order valence-electron chi connectivity index (χ2n) is 12.2. The van der Waals surface area contributed by atoms with Crippen LogP contribution >= 0.6 is 0 Å². The average Bonchev–Trinajstić information content (AvgIpc) is 3.86. The molecule has 0 nitrogen and oxygen atoms in total. The topological polar surface area (TPSA) is 0 Å². The Morgan fingerprint density at radius 1 is 0.400 bits per heavy atom. The maximum atomic E-state index is 3.33. The molecule has 0 amide bonds. The summed E-state index contributed by atoms with van der Waals surface area (Å²) in [5, 5.41) is 10.8. The van der Waals surface area contributed by atoms with Gasteiger partial charge in [-0.15, -0.1) is 23.3 Å².